The number of fused-ring (bicyclic) bond motifs is 1. The van der Waals surface area contributed by atoms with Gasteiger partial charge in [-0.2, -0.15) is 5.10 Å². The summed E-state index contributed by atoms with van der Waals surface area (Å²) in [5.74, 6) is -0.326. The van der Waals surface area contributed by atoms with E-state index in [9.17, 15) is 4.79 Å². The Bertz CT molecular complexity index is 506. The van der Waals surface area contributed by atoms with E-state index in [0.29, 0.717) is 18.0 Å². The Morgan fingerprint density at radius 2 is 2.33 bits per heavy atom. The normalized spacial score (nSPS) is 10.7. The van der Waals surface area contributed by atoms with Crippen LogP contribution in [0.5, 0.6) is 0 Å². The van der Waals surface area contributed by atoms with Crippen molar-refractivity contribution >= 4 is 28.4 Å². The molecule has 0 aliphatic rings. The molecule has 2 aromatic rings. The molecule has 1 heterocycles. The number of nitrogens with zero attached hydrogens (tertiary/aromatic N) is 2. The van der Waals surface area contributed by atoms with Gasteiger partial charge in [-0.1, -0.05) is 11.6 Å². The molecule has 0 fully saturated rings. The van der Waals surface area contributed by atoms with Crippen molar-refractivity contribution in [3.05, 3.63) is 29.4 Å². The van der Waals surface area contributed by atoms with Crippen molar-refractivity contribution in [2.24, 2.45) is 5.73 Å². The lowest BCUT2D eigenvalue weighted by Gasteiger charge is -1.95. The molecule has 4 nitrogen and oxygen atoms in total. The van der Waals surface area contributed by atoms with Gasteiger partial charge in [-0.05, 0) is 18.2 Å². The summed E-state index contributed by atoms with van der Waals surface area (Å²) in [5.41, 5.74) is 5.92. The number of hydrogen-bond donors (Lipinski definition) is 1. The molecule has 0 saturated heterocycles. The minimum absolute atomic E-state index is 0.293. The zero-order valence-corrected chi connectivity index (χ0v) is 8.74. The maximum absolute atomic E-state index is 10.6. The number of carbonyl (C=O) groups excluding carboxylic acids is 1. The molecule has 1 amide bonds. The van der Waals surface area contributed by atoms with Gasteiger partial charge in [-0.15, -0.1) is 0 Å². The molecule has 0 aliphatic carbocycles. The van der Waals surface area contributed by atoms with Crippen LogP contribution >= 0.6 is 11.6 Å². The number of aryl methyl sites for hydroxylation is 1. The highest BCUT2D eigenvalue weighted by molar-refractivity contribution is 6.31. The molecule has 5 heteroatoms. The average molecular weight is 224 g/mol. The molecular formula is C10H10ClN3O. The molecule has 78 valence electrons. The van der Waals surface area contributed by atoms with Gasteiger partial charge < -0.3 is 5.73 Å². The van der Waals surface area contributed by atoms with Crippen LogP contribution in [0, 0.1) is 0 Å². The summed E-state index contributed by atoms with van der Waals surface area (Å²) in [6, 6.07) is 5.47. The zero-order chi connectivity index (χ0) is 10.8. The highest BCUT2D eigenvalue weighted by atomic mass is 35.5. The van der Waals surface area contributed by atoms with E-state index in [4.69, 9.17) is 17.3 Å². The SMILES string of the molecule is NC(=O)CCn1cc2cc(Cl)ccc2n1. The fourth-order valence-electron chi connectivity index (χ4n) is 1.39. The van der Waals surface area contributed by atoms with Gasteiger partial charge in [0.25, 0.3) is 0 Å². The predicted molar refractivity (Wildman–Crippen MR) is 58.6 cm³/mol. The molecule has 2 N–H and O–H groups in total. The number of benzene rings is 1. The third kappa shape index (κ3) is 2.27. The van der Waals surface area contributed by atoms with E-state index >= 15 is 0 Å². The number of rotatable bonds is 3. The van der Waals surface area contributed by atoms with Crippen LogP contribution in [-0.2, 0) is 11.3 Å². The van der Waals surface area contributed by atoms with E-state index in [1.165, 1.54) is 0 Å². The van der Waals surface area contributed by atoms with Gasteiger partial charge in [0.2, 0.25) is 5.91 Å². The molecule has 15 heavy (non-hydrogen) atoms. The number of carbonyl (C=O) groups is 1. The fraction of sp³-hybridized carbons (Fsp3) is 0.200. The summed E-state index contributed by atoms with van der Waals surface area (Å²) in [6.45, 7) is 0.502. The Kier molecular flexibility index (Phi) is 2.60. The summed E-state index contributed by atoms with van der Waals surface area (Å²) in [4.78, 5) is 10.6. The number of amides is 1. The van der Waals surface area contributed by atoms with Crippen LogP contribution in [-0.4, -0.2) is 15.7 Å². The van der Waals surface area contributed by atoms with Gasteiger partial charge in [-0.3, -0.25) is 9.48 Å². The van der Waals surface area contributed by atoms with Crippen molar-refractivity contribution in [2.45, 2.75) is 13.0 Å². The van der Waals surface area contributed by atoms with E-state index in [1.54, 1.807) is 10.7 Å². The Morgan fingerprint density at radius 1 is 1.53 bits per heavy atom. The number of hydrogen-bond acceptors (Lipinski definition) is 2. The van der Waals surface area contributed by atoms with E-state index in [2.05, 4.69) is 5.10 Å². The molecule has 0 spiro atoms. The van der Waals surface area contributed by atoms with Crippen LogP contribution in [0.1, 0.15) is 6.42 Å². The molecule has 0 unspecified atom stereocenters. The Morgan fingerprint density at radius 3 is 3.07 bits per heavy atom. The van der Waals surface area contributed by atoms with Crippen molar-refractivity contribution in [1.29, 1.82) is 0 Å². The predicted octanol–water partition coefficient (Wildman–Crippen LogP) is 1.57. The number of nitrogens with two attached hydrogens (primary N) is 1. The van der Waals surface area contributed by atoms with Gasteiger partial charge in [0.1, 0.15) is 0 Å². The first-order valence-electron chi connectivity index (χ1n) is 4.56. The molecule has 1 aromatic carbocycles. The highest BCUT2D eigenvalue weighted by Crippen LogP contribution is 2.17. The lowest BCUT2D eigenvalue weighted by molar-refractivity contribution is -0.118. The molecule has 2 rings (SSSR count). The Hall–Kier alpha value is -1.55. The van der Waals surface area contributed by atoms with Gasteiger partial charge in [0.15, 0.2) is 0 Å². The van der Waals surface area contributed by atoms with E-state index < -0.39 is 0 Å². The summed E-state index contributed by atoms with van der Waals surface area (Å²) in [7, 11) is 0. The second kappa shape index (κ2) is 3.90. The van der Waals surface area contributed by atoms with Crippen molar-refractivity contribution in [3.8, 4) is 0 Å². The number of primary amides is 1. The van der Waals surface area contributed by atoms with Crippen LogP contribution < -0.4 is 5.73 Å². The summed E-state index contributed by atoms with van der Waals surface area (Å²) in [6.07, 6.45) is 2.14. The minimum atomic E-state index is -0.326. The summed E-state index contributed by atoms with van der Waals surface area (Å²) >= 11 is 5.84. The third-order valence-corrected chi connectivity index (χ3v) is 2.34. The molecule has 0 atom stereocenters. The topological polar surface area (TPSA) is 60.9 Å². The molecule has 1 aromatic heterocycles. The first-order valence-corrected chi connectivity index (χ1v) is 4.94. The maximum atomic E-state index is 10.6. The van der Waals surface area contributed by atoms with E-state index in [1.807, 2.05) is 18.3 Å². The van der Waals surface area contributed by atoms with Crippen LogP contribution in [0.4, 0.5) is 0 Å². The average Bonchev–Trinajstić information content (AvgIpc) is 2.56. The van der Waals surface area contributed by atoms with Crippen molar-refractivity contribution in [2.75, 3.05) is 0 Å². The first kappa shape index (κ1) is 9.98. The quantitative estimate of drug-likeness (QED) is 0.859. The monoisotopic (exact) mass is 223 g/mol. The molecule has 0 radical (unpaired) electrons. The molecule has 0 aliphatic heterocycles. The Balaban J connectivity index is 2.27. The third-order valence-electron chi connectivity index (χ3n) is 2.10. The van der Waals surface area contributed by atoms with E-state index in [0.717, 1.165) is 10.9 Å². The molecular weight excluding hydrogens is 214 g/mol. The second-order valence-electron chi connectivity index (χ2n) is 3.31. The lowest BCUT2D eigenvalue weighted by atomic mass is 10.3. The largest absolute Gasteiger partial charge is 0.370 e. The molecule has 0 bridgehead atoms. The van der Waals surface area contributed by atoms with E-state index in [-0.39, 0.29) is 5.91 Å². The molecule has 0 saturated carbocycles. The van der Waals surface area contributed by atoms with Gasteiger partial charge >= 0.3 is 0 Å². The van der Waals surface area contributed by atoms with Crippen molar-refractivity contribution in [3.63, 3.8) is 0 Å². The van der Waals surface area contributed by atoms with Crippen LogP contribution in [0.25, 0.3) is 10.9 Å². The van der Waals surface area contributed by atoms with Crippen LogP contribution in [0.3, 0.4) is 0 Å². The Labute approximate surface area is 91.6 Å². The zero-order valence-electron chi connectivity index (χ0n) is 7.98. The second-order valence-corrected chi connectivity index (χ2v) is 3.75. The van der Waals surface area contributed by atoms with Gasteiger partial charge in [-0.25, -0.2) is 0 Å². The van der Waals surface area contributed by atoms with Crippen LogP contribution in [0.2, 0.25) is 5.02 Å². The minimum Gasteiger partial charge on any atom is -0.370 e. The van der Waals surface area contributed by atoms with Gasteiger partial charge in [0, 0.05) is 29.6 Å². The smallest absolute Gasteiger partial charge is 0.219 e. The number of aromatic nitrogens is 2. The number of halogens is 1. The van der Waals surface area contributed by atoms with Crippen molar-refractivity contribution in [1.82, 2.24) is 9.78 Å². The fourth-order valence-corrected chi connectivity index (χ4v) is 1.57. The standard InChI is InChI=1S/C10H10ClN3O/c11-8-1-2-9-7(5-8)6-14(13-9)4-3-10(12)15/h1-2,5-6H,3-4H2,(H2,12,15). The first-order chi connectivity index (χ1) is 7.15. The van der Waals surface area contributed by atoms with Crippen LogP contribution in [0.15, 0.2) is 24.4 Å². The summed E-state index contributed by atoms with van der Waals surface area (Å²) < 4.78 is 1.70. The van der Waals surface area contributed by atoms with Gasteiger partial charge in [0.05, 0.1) is 5.52 Å². The maximum Gasteiger partial charge on any atom is 0.219 e. The lowest BCUT2D eigenvalue weighted by Crippen LogP contribution is -2.14. The highest BCUT2D eigenvalue weighted by Gasteiger charge is 2.02. The summed E-state index contributed by atoms with van der Waals surface area (Å²) in [5, 5.41) is 5.92. The van der Waals surface area contributed by atoms with Crippen molar-refractivity contribution < 1.29 is 4.79 Å².